The molecule has 9 heteroatoms. The van der Waals surface area contributed by atoms with Gasteiger partial charge in [0.2, 0.25) is 10.0 Å². The first-order valence-electron chi connectivity index (χ1n) is 6.50. The Labute approximate surface area is 127 Å². The summed E-state index contributed by atoms with van der Waals surface area (Å²) in [6, 6.07) is -0.394. The van der Waals surface area contributed by atoms with E-state index in [1.54, 1.807) is 13.1 Å². The predicted molar refractivity (Wildman–Crippen MR) is 79.5 cm³/mol. The molecule has 1 unspecified atom stereocenters. The van der Waals surface area contributed by atoms with Crippen LogP contribution in [0.25, 0.3) is 0 Å². The van der Waals surface area contributed by atoms with Crippen molar-refractivity contribution in [2.75, 3.05) is 6.61 Å². The third-order valence-corrected chi connectivity index (χ3v) is 5.40. The fourth-order valence-electron chi connectivity index (χ4n) is 1.76. The van der Waals surface area contributed by atoms with Crippen molar-refractivity contribution in [3.05, 3.63) is 28.5 Å². The Bertz CT molecular complexity index is 693. The third-order valence-electron chi connectivity index (χ3n) is 2.81. The molecule has 0 saturated carbocycles. The Morgan fingerprint density at radius 3 is 2.86 bits per heavy atom. The number of hydrogen-bond donors (Lipinski definition) is 2. The second-order valence-electron chi connectivity index (χ2n) is 4.67. The minimum Gasteiger partial charge on any atom is -0.396 e. The lowest BCUT2D eigenvalue weighted by atomic mass is 10.4. The van der Waals surface area contributed by atoms with Crippen molar-refractivity contribution in [3.8, 4) is 0 Å². The van der Waals surface area contributed by atoms with E-state index < -0.39 is 16.1 Å². The third kappa shape index (κ3) is 4.10. The van der Waals surface area contributed by atoms with Gasteiger partial charge in [-0.25, -0.2) is 18.1 Å². The van der Waals surface area contributed by atoms with Crippen LogP contribution in [0, 0.1) is 6.92 Å². The van der Waals surface area contributed by atoms with E-state index in [2.05, 4.69) is 14.8 Å². The van der Waals surface area contributed by atoms with Crippen LogP contribution in [-0.4, -0.2) is 34.9 Å². The van der Waals surface area contributed by atoms with Crippen molar-refractivity contribution in [1.29, 1.82) is 0 Å². The summed E-state index contributed by atoms with van der Waals surface area (Å²) in [5, 5.41) is 13.5. The Balaban J connectivity index is 2.09. The summed E-state index contributed by atoms with van der Waals surface area (Å²) in [7, 11) is -3.63. The van der Waals surface area contributed by atoms with Gasteiger partial charge in [0.15, 0.2) is 0 Å². The molecule has 0 aromatic carbocycles. The molecule has 2 rings (SSSR count). The van der Waals surface area contributed by atoms with Crippen molar-refractivity contribution in [1.82, 2.24) is 19.5 Å². The quantitative estimate of drug-likeness (QED) is 0.791. The van der Waals surface area contributed by atoms with Gasteiger partial charge < -0.3 is 5.11 Å². The van der Waals surface area contributed by atoms with Crippen LogP contribution in [-0.2, 0) is 16.6 Å². The predicted octanol–water partition coefficient (Wildman–Crippen LogP) is 1.07. The van der Waals surface area contributed by atoms with Gasteiger partial charge in [0.1, 0.15) is 9.90 Å². The van der Waals surface area contributed by atoms with Crippen LogP contribution in [0.5, 0.6) is 0 Å². The molecule has 0 saturated heterocycles. The minimum absolute atomic E-state index is 0.0423. The van der Waals surface area contributed by atoms with Gasteiger partial charge in [-0.05, 0) is 20.3 Å². The first kappa shape index (κ1) is 16.1. The maximum atomic E-state index is 12.3. The van der Waals surface area contributed by atoms with E-state index in [-0.39, 0.29) is 11.5 Å². The van der Waals surface area contributed by atoms with E-state index >= 15 is 0 Å². The molecule has 116 valence electrons. The summed E-state index contributed by atoms with van der Waals surface area (Å²) in [6.45, 7) is 4.20. The Morgan fingerprint density at radius 1 is 1.48 bits per heavy atom. The zero-order valence-corrected chi connectivity index (χ0v) is 13.5. The fourth-order valence-corrected chi connectivity index (χ4v) is 3.77. The summed E-state index contributed by atoms with van der Waals surface area (Å²) in [4.78, 5) is 5.33. The molecule has 2 aromatic heterocycles. The zero-order chi connectivity index (χ0) is 15.5. The second-order valence-corrected chi connectivity index (χ2v) is 7.65. The molecule has 2 heterocycles. The van der Waals surface area contributed by atoms with Crippen LogP contribution < -0.4 is 4.72 Å². The Hall–Kier alpha value is -1.29. The van der Waals surface area contributed by atoms with Crippen molar-refractivity contribution in [3.63, 3.8) is 0 Å². The molecule has 0 amide bonds. The lowest BCUT2D eigenvalue weighted by Gasteiger charge is -2.10. The van der Waals surface area contributed by atoms with Gasteiger partial charge in [0, 0.05) is 30.4 Å². The summed E-state index contributed by atoms with van der Waals surface area (Å²) in [5.74, 6) is 0. The molecule has 21 heavy (non-hydrogen) atoms. The number of aliphatic hydroxyl groups is 1. The monoisotopic (exact) mass is 330 g/mol. The number of sulfonamides is 1. The smallest absolute Gasteiger partial charge is 0.244 e. The topological polar surface area (TPSA) is 97.1 Å². The van der Waals surface area contributed by atoms with Crippen LogP contribution in [0.15, 0.2) is 23.5 Å². The van der Waals surface area contributed by atoms with Gasteiger partial charge in [0.25, 0.3) is 0 Å². The maximum Gasteiger partial charge on any atom is 0.244 e. The van der Waals surface area contributed by atoms with Crippen molar-refractivity contribution < 1.29 is 13.5 Å². The molecular formula is C12H18N4O3S2. The number of nitrogens with one attached hydrogen (secondary N) is 1. The van der Waals surface area contributed by atoms with Crippen LogP contribution in [0.1, 0.15) is 29.3 Å². The molecule has 0 fully saturated rings. The van der Waals surface area contributed by atoms with Crippen molar-refractivity contribution in [2.45, 2.75) is 37.8 Å². The molecule has 7 nitrogen and oxygen atoms in total. The molecule has 2 aromatic rings. The van der Waals surface area contributed by atoms with E-state index in [9.17, 15) is 8.42 Å². The van der Waals surface area contributed by atoms with E-state index in [0.717, 1.165) is 9.88 Å². The van der Waals surface area contributed by atoms with E-state index in [4.69, 9.17) is 5.11 Å². The SMILES string of the molecule is Cc1cnc(C(C)NS(=O)(=O)c2cnn(CCCO)c2)s1. The van der Waals surface area contributed by atoms with Gasteiger partial charge in [-0.2, -0.15) is 5.10 Å². The molecule has 0 spiro atoms. The molecule has 1 atom stereocenters. The van der Waals surface area contributed by atoms with Crippen LogP contribution in [0.4, 0.5) is 0 Å². The lowest BCUT2D eigenvalue weighted by Crippen LogP contribution is -2.26. The van der Waals surface area contributed by atoms with Gasteiger partial charge in [-0.15, -0.1) is 11.3 Å². The minimum atomic E-state index is -3.63. The average Bonchev–Trinajstić information content (AvgIpc) is 3.05. The average molecular weight is 330 g/mol. The number of rotatable bonds is 7. The highest BCUT2D eigenvalue weighted by Gasteiger charge is 2.21. The number of hydrogen-bond acceptors (Lipinski definition) is 6. The number of nitrogens with zero attached hydrogens (tertiary/aromatic N) is 3. The van der Waals surface area contributed by atoms with Gasteiger partial charge in [-0.3, -0.25) is 4.68 Å². The Morgan fingerprint density at radius 2 is 2.24 bits per heavy atom. The molecule has 0 bridgehead atoms. The molecule has 0 aliphatic carbocycles. The Kier molecular flexibility index (Phi) is 5.09. The fraction of sp³-hybridized carbons (Fsp3) is 0.500. The van der Waals surface area contributed by atoms with Crippen LogP contribution in [0.2, 0.25) is 0 Å². The lowest BCUT2D eigenvalue weighted by molar-refractivity contribution is 0.277. The van der Waals surface area contributed by atoms with E-state index in [0.29, 0.717) is 13.0 Å². The van der Waals surface area contributed by atoms with Gasteiger partial charge in [-0.1, -0.05) is 0 Å². The van der Waals surface area contributed by atoms with Crippen molar-refractivity contribution in [2.24, 2.45) is 0 Å². The van der Waals surface area contributed by atoms with Crippen LogP contribution in [0.3, 0.4) is 0 Å². The summed E-state index contributed by atoms with van der Waals surface area (Å²) >= 11 is 1.46. The highest BCUT2D eigenvalue weighted by molar-refractivity contribution is 7.89. The summed E-state index contributed by atoms with van der Waals surface area (Å²) in [5.41, 5.74) is 0. The molecule has 0 radical (unpaired) electrons. The molecule has 2 N–H and O–H groups in total. The standard InChI is InChI=1S/C12H18N4O3S2/c1-9-6-13-12(20-9)10(2)15-21(18,19)11-7-14-16(8-11)4-3-5-17/h6-8,10,15,17H,3-5H2,1-2H3. The first-order chi connectivity index (χ1) is 9.92. The normalized spacial score (nSPS) is 13.5. The largest absolute Gasteiger partial charge is 0.396 e. The highest BCUT2D eigenvalue weighted by atomic mass is 32.2. The van der Waals surface area contributed by atoms with E-state index in [1.165, 1.54) is 28.4 Å². The number of aliphatic hydroxyl groups excluding tert-OH is 1. The first-order valence-corrected chi connectivity index (χ1v) is 8.80. The highest BCUT2D eigenvalue weighted by Crippen LogP contribution is 2.21. The number of aromatic nitrogens is 3. The van der Waals surface area contributed by atoms with Gasteiger partial charge in [0.05, 0.1) is 12.2 Å². The second kappa shape index (κ2) is 6.65. The van der Waals surface area contributed by atoms with Gasteiger partial charge >= 0.3 is 0 Å². The maximum absolute atomic E-state index is 12.3. The molecular weight excluding hydrogens is 312 g/mol. The summed E-state index contributed by atoms with van der Waals surface area (Å²) in [6.07, 6.45) is 5.01. The van der Waals surface area contributed by atoms with Crippen molar-refractivity contribution >= 4 is 21.4 Å². The zero-order valence-electron chi connectivity index (χ0n) is 11.9. The molecule has 0 aliphatic rings. The van der Waals surface area contributed by atoms with Crippen LogP contribution >= 0.6 is 11.3 Å². The summed E-state index contributed by atoms with van der Waals surface area (Å²) < 4.78 is 28.6. The van der Waals surface area contributed by atoms with E-state index in [1.807, 2.05) is 6.92 Å². The number of aryl methyl sites for hydroxylation is 2. The molecule has 0 aliphatic heterocycles. The number of thiazole rings is 1.